The molecule has 1 N–H and O–H groups in total. The van der Waals surface area contributed by atoms with Crippen molar-refractivity contribution in [1.82, 2.24) is 5.32 Å². The van der Waals surface area contributed by atoms with E-state index in [1.807, 2.05) is 0 Å². The lowest BCUT2D eigenvalue weighted by Crippen LogP contribution is -2.23. The Morgan fingerprint density at radius 3 is 2.90 bits per heavy atom. The molecular weight excluding hydrogens is 258 g/mol. The predicted octanol–water partition coefficient (Wildman–Crippen LogP) is 4.69. The fourth-order valence-corrected chi connectivity index (χ4v) is 3.24. The molecule has 2 unspecified atom stereocenters. The van der Waals surface area contributed by atoms with Crippen LogP contribution in [0.5, 0.6) is 0 Å². The zero-order valence-electron chi connectivity index (χ0n) is 14.0. The summed E-state index contributed by atoms with van der Waals surface area (Å²) in [6.07, 6.45) is 7.90. The molecule has 118 valence electrons. The maximum Gasteiger partial charge on any atom is 0.0576 e. The van der Waals surface area contributed by atoms with Crippen LogP contribution in [0.3, 0.4) is 0 Å². The van der Waals surface area contributed by atoms with E-state index in [1.54, 1.807) is 0 Å². The highest BCUT2D eigenvalue weighted by Crippen LogP contribution is 2.26. The van der Waals surface area contributed by atoms with Gasteiger partial charge in [0.25, 0.3) is 0 Å². The van der Waals surface area contributed by atoms with Crippen molar-refractivity contribution in [3.8, 4) is 0 Å². The third-order valence-corrected chi connectivity index (χ3v) is 4.49. The van der Waals surface area contributed by atoms with Gasteiger partial charge in [0.2, 0.25) is 0 Å². The lowest BCUT2D eigenvalue weighted by molar-refractivity contribution is 0.101. The lowest BCUT2D eigenvalue weighted by atomic mass is 9.94. The van der Waals surface area contributed by atoms with Crippen molar-refractivity contribution >= 4 is 0 Å². The summed E-state index contributed by atoms with van der Waals surface area (Å²) in [4.78, 5) is 0. The van der Waals surface area contributed by atoms with E-state index in [4.69, 9.17) is 4.74 Å². The average Bonchev–Trinajstić information content (AvgIpc) is 2.99. The molecule has 2 heteroatoms. The topological polar surface area (TPSA) is 21.3 Å². The van der Waals surface area contributed by atoms with E-state index in [0.29, 0.717) is 12.1 Å². The lowest BCUT2D eigenvalue weighted by Gasteiger charge is -2.22. The molecule has 1 aliphatic heterocycles. The Hall–Kier alpha value is -0.860. The van der Waals surface area contributed by atoms with Gasteiger partial charge in [0.15, 0.2) is 0 Å². The normalized spacial score (nSPS) is 19.9. The Kier molecular flexibility index (Phi) is 6.72. The van der Waals surface area contributed by atoms with Gasteiger partial charge in [-0.3, -0.25) is 0 Å². The van der Waals surface area contributed by atoms with Crippen LogP contribution >= 0.6 is 0 Å². The highest BCUT2D eigenvalue weighted by Gasteiger charge is 2.17. The monoisotopic (exact) mass is 289 g/mol. The van der Waals surface area contributed by atoms with Crippen molar-refractivity contribution in [2.24, 2.45) is 0 Å². The Bertz CT molecular complexity index is 424. The molecule has 1 fully saturated rings. The molecule has 1 saturated heterocycles. The molecule has 2 rings (SSSR count). The molecule has 1 heterocycles. The zero-order chi connectivity index (χ0) is 15.1. The third-order valence-electron chi connectivity index (χ3n) is 4.49. The first-order chi connectivity index (χ1) is 10.2. The van der Waals surface area contributed by atoms with Gasteiger partial charge in [-0.05, 0) is 70.0 Å². The standard InChI is InChI=1S/C19H31NO/c1-4-12-20-19(9-5-7-17-8-6-13-21-17)18-14-15(2)10-11-16(18)3/h10-11,14,17,19-20H,4-9,12-13H2,1-3H3. The Balaban J connectivity index is 1.94. The van der Waals surface area contributed by atoms with E-state index >= 15 is 0 Å². The van der Waals surface area contributed by atoms with Crippen LogP contribution < -0.4 is 5.32 Å². The summed E-state index contributed by atoms with van der Waals surface area (Å²) in [6, 6.07) is 7.31. The van der Waals surface area contributed by atoms with Crippen LogP contribution in [-0.2, 0) is 4.74 Å². The molecule has 0 aromatic heterocycles. The summed E-state index contributed by atoms with van der Waals surface area (Å²) in [7, 11) is 0. The highest BCUT2D eigenvalue weighted by molar-refractivity contribution is 5.33. The van der Waals surface area contributed by atoms with E-state index in [2.05, 4.69) is 44.3 Å². The number of benzene rings is 1. The number of hydrogen-bond donors (Lipinski definition) is 1. The fourth-order valence-electron chi connectivity index (χ4n) is 3.24. The van der Waals surface area contributed by atoms with E-state index in [-0.39, 0.29) is 0 Å². The molecule has 0 amide bonds. The SMILES string of the molecule is CCCNC(CCCC1CCCO1)c1cc(C)ccc1C. The number of aryl methyl sites for hydroxylation is 2. The largest absolute Gasteiger partial charge is 0.378 e. The van der Waals surface area contributed by atoms with Gasteiger partial charge in [0.05, 0.1) is 6.10 Å². The maximum absolute atomic E-state index is 5.74. The fraction of sp³-hybridized carbons (Fsp3) is 0.684. The molecule has 1 aromatic rings. The quantitative estimate of drug-likeness (QED) is 0.749. The van der Waals surface area contributed by atoms with Gasteiger partial charge in [-0.25, -0.2) is 0 Å². The first-order valence-electron chi connectivity index (χ1n) is 8.63. The minimum atomic E-state index is 0.492. The second-order valence-electron chi connectivity index (χ2n) is 6.43. The van der Waals surface area contributed by atoms with Crippen molar-refractivity contribution < 1.29 is 4.74 Å². The van der Waals surface area contributed by atoms with Crippen LogP contribution in [0.2, 0.25) is 0 Å². The molecule has 0 bridgehead atoms. The van der Waals surface area contributed by atoms with Crippen molar-refractivity contribution in [3.05, 3.63) is 34.9 Å². The summed E-state index contributed by atoms with van der Waals surface area (Å²) in [5.74, 6) is 0. The van der Waals surface area contributed by atoms with E-state index in [0.717, 1.165) is 13.2 Å². The molecule has 21 heavy (non-hydrogen) atoms. The van der Waals surface area contributed by atoms with Crippen molar-refractivity contribution in [2.75, 3.05) is 13.2 Å². The summed E-state index contributed by atoms with van der Waals surface area (Å²) in [6.45, 7) is 8.72. The second-order valence-corrected chi connectivity index (χ2v) is 6.43. The molecule has 2 atom stereocenters. The van der Waals surface area contributed by atoms with Crippen LogP contribution in [0.4, 0.5) is 0 Å². The van der Waals surface area contributed by atoms with Gasteiger partial charge in [0, 0.05) is 12.6 Å². The molecular formula is C19H31NO. The van der Waals surface area contributed by atoms with Gasteiger partial charge < -0.3 is 10.1 Å². The highest BCUT2D eigenvalue weighted by atomic mass is 16.5. The van der Waals surface area contributed by atoms with Gasteiger partial charge in [-0.15, -0.1) is 0 Å². The average molecular weight is 289 g/mol. The van der Waals surface area contributed by atoms with E-state index in [1.165, 1.54) is 55.2 Å². The van der Waals surface area contributed by atoms with Crippen LogP contribution in [0.1, 0.15) is 68.2 Å². The van der Waals surface area contributed by atoms with Crippen molar-refractivity contribution in [2.45, 2.75) is 71.4 Å². The Morgan fingerprint density at radius 2 is 2.19 bits per heavy atom. The first-order valence-corrected chi connectivity index (χ1v) is 8.63. The Labute approximate surface area is 130 Å². The number of hydrogen-bond acceptors (Lipinski definition) is 2. The van der Waals surface area contributed by atoms with Crippen LogP contribution in [0.15, 0.2) is 18.2 Å². The smallest absolute Gasteiger partial charge is 0.0576 e. The van der Waals surface area contributed by atoms with Crippen LogP contribution in [0.25, 0.3) is 0 Å². The number of nitrogens with one attached hydrogen (secondary N) is 1. The maximum atomic E-state index is 5.74. The van der Waals surface area contributed by atoms with Crippen molar-refractivity contribution in [1.29, 1.82) is 0 Å². The van der Waals surface area contributed by atoms with Crippen LogP contribution in [-0.4, -0.2) is 19.3 Å². The van der Waals surface area contributed by atoms with Gasteiger partial charge in [-0.2, -0.15) is 0 Å². The molecule has 0 aliphatic carbocycles. The Morgan fingerprint density at radius 1 is 1.33 bits per heavy atom. The number of rotatable bonds is 8. The molecule has 2 nitrogen and oxygen atoms in total. The second kappa shape index (κ2) is 8.55. The van der Waals surface area contributed by atoms with Crippen molar-refractivity contribution in [3.63, 3.8) is 0 Å². The summed E-state index contributed by atoms with van der Waals surface area (Å²) >= 11 is 0. The predicted molar refractivity (Wildman–Crippen MR) is 89.8 cm³/mol. The van der Waals surface area contributed by atoms with E-state index < -0.39 is 0 Å². The van der Waals surface area contributed by atoms with Crippen LogP contribution in [0, 0.1) is 13.8 Å². The molecule has 1 aliphatic rings. The number of ether oxygens (including phenoxy) is 1. The van der Waals surface area contributed by atoms with E-state index in [9.17, 15) is 0 Å². The van der Waals surface area contributed by atoms with Gasteiger partial charge >= 0.3 is 0 Å². The summed E-state index contributed by atoms with van der Waals surface area (Å²) in [5, 5.41) is 3.74. The molecule has 1 aromatic carbocycles. The minimum absolute atomic E-state index is 0.492. The zero-order valence-corrected chi connectivity index (χ0v) is 14.0. The molecule has 0 saturated carbocycles. The molecule has 0 radical (unpaired) electrons. The summed E-state index contributed by atoms with van der Waals surface area (Å²) in [5.41, 5.74) is 4.25. The van der Waals surface area contributed by atoms with Gasteiger partial charge in [-0.1, -0.05) is 30.7 Å². The minimum Gasteiger partial charge on any atom is -0.378 e. The first kappa shape index (κ1) is 16.5. The van der Waals surface area contributed by atoms with Gasteiger partial charge in [0.1, 0.15) is 0 Å². The third kappa shape index (κ3) is 5.12. The molecule has 0 spiro atoms. The summed E-state index contributed by atoms with van der Waals surface area (Å²) < 4.78 is 5.74.